The number of fused-ring (bicyclic) bond motifs is 2. The van der Waals surface area contributed by atoms with Crippen LogP contribution in [0.2, 0.25) is 0 Å². The number of ketones is 2. The van der Waals surface area contributed by atoms with Gasteiger partial charge in [0.2, 0.25) is 0 Å². The first kappa shape index (κ1) is 25.6. The highest BCUT2D eigenvalue weighted by Gasteiger charge is 2.34. The molecular formula is C25H25Cl2N3O4. The number of aliphatic hydroxyl groups is 2. The van der Waals surface area contributed by atoms with E-state index in [1.807, 2.05) is 35.2 Å². The van der Waals surface area contributed by atoms with Gasteiger partial charge in [-0.25, -0.2) is 4.57 Å². The Bertz CT molecular complexity index is 1170. The number of nitrogens with zero attached hydrogens (tertiary/aromatic N) is 1. The van der Waals surface area contributed by atoms with Crippen LogP contribution in [-0.4, -0.2) is 53.0 Å². The Morgan fingerprint density at radius 3 is 1.76 bits per heavy atom. The Morgan fingerprint density at radius 2 is 1.26 bits per heavy atom. The maximum Gasteiger partial charge on any atom is 0.196 e. The summed E-state index contributed by atoms with van der Waals surface area (Å²) in [6.07, 6.45) is 2.21. The van der Waals surface area contributed by atoms with Gasteiger partial charge in [0.05, 0.1) is 23.1 Å². The number of carbonyl (C=O) groups is 2. The van der Waals surface area contributed by atoms with Crippen LogP contribution >= 0.6 is 11.6 Å². The number of alkyl halides is 1. The summed E-state index contributed by atoms with van der Waals surface area (Å²) in [5.41, 5.74) is 2.11. The molecule has 178 valence electrons. The maximum atomic E-state index is 13.4. The molecule has 1 heterocycles. The second kappa shape index (κ2) is 11.4. The van der Waals surface area contributed by atoms with E-state index < -0.39 is 12.2 Å². The molecule has 1 aromatic heterocycles. The van der Waals surface area contributed by atoms with Crippen LogP contribution in [0, 0.1) is 0 Å². The van der Waals surface area contributed by atoms with E-state index in [9.17, 15) is 19.8 Å². The molecule has 0 bridgehead atoms. The van der Waals surface area contributed by atoms with Gasteiger partial charge in [0.25, 0.3) is 0 Å². The summed E-state index contributed by atoms with van der Waals surface area (Å²) in [5, 5.41) is 26.5. The number of aromatic nitrogens is 1. The van der Waals surface area contributed by atoms with Gasteiger partial charge in [0, 0.05) is 47.7 Å². The van der Waals surface area contributed by atoms with E-state index in [0.29, 0.717) is 29.0 Å². The number of aliphatic hydroxyl groups excluding tert-OH is 2. The molecule has 4 rings (SSSR count). The second-order valence-electron chi connectivity index (χ2n) is 7.91. The first-order chi connectivity index (χ1) is 16.0. The zero-order valence-corrected chi connectivity index (χ0v) is 19.8. The van der Waals surface area contributed by atoms with Crippen LogP contribution in [0.15, 0.2) is 67.0 Å². The third-order valence-corrected chi connectivity index (χ3v) is 5.87. The van der Waals surface area contributed by atoms with Crippen molar-refractivity contribution in [2.24, 2.45) is 0 Å². The Balaban J connectivity index is 0.00000324. The normalized spacial score (nSPS) is 13.9. The van der Waals surface area contributed by atoms with E-state index in [2.05, 4.69) is 10.6 Å². The predicted molar refractivity (Wildman–Crippen MR) is 126 cm³/mol. The molecule has 1 aliphatic rings. The summed E-state index contributed by atoms with van der Waals surface area (Å²) in [5.74, 6) is -0.495. The maximum absolute atomic E-state index is 13.4. The molecule has 7 nitrogen and oxygen atoms in total. The molecule has 2 atom stereocenters. The molecule has 3 aromatic rings. The van der Waals surface area contributed by atoms with Crippen LogP contribution in [-0.2, 0) is 6.54 Å². The number of nitrogens with one attached hydrogen (secondary N) is 2. The summed E-state index contributed by atoms with van der Waals surface area (Å²) >= 11 is 5.69. The lowest BCUT2D eigenvalue weighted by Gasteiger charge is -2.24. The lowest BCUT2D eigenvalue weighted by molar-refractivity contribution is -0.703. The fraction of sp³-hybridized carbons (Fsp3) is 0.240. The third-order valence-electron chi connectivity index (χ3n) is 5.51. The van der Waals surface area contributed by atoms with Crippen molar-refractivity contribution in [2.45, 2.75) is 18.8 Å². The van der Waals surface area contributed by atoms with Gasteiger partial charge in [0.1, 0.15) is 6.10 Å². The second-order valence-corrected chi connectivity index (χ2v) is 8.22. The smallest absolute Gasteiger partial charge is 0.196 e. The van der Waals surface area contributed by atoms with Crippen LogP contribution in [0.5, 0.6) is 0 Å². The summed E-state index contributed by atoms with van der Waals surface area (Å²) in [7, 11) is 0. The lowest BCUT2D eigenvalue weighted by atomic mass is 9.82. The quantitative estimate of drug-likeness (QED) is 0.177. The molecule has 2 aromatic carbocycles. The summed E-state index contributed by atoms with van der Waals surface area (Å²) in [4.78, 5) is 26.8. The van der Waals surface area contributed by atoms with Crippen molar-refractivity contribution in [3.05, 3.63) is 89.2 Å². The number of benzene rings is 2. The van der Waals surface area contributed by atoms with Gasteiger partial charge in [-0.15, -0.1) is 11.6 Å². The summed E-state index contributed by atoms with van der Waals surface area (Å²) in [6.45, 7) is 0.704. The Kier molecular flexibility index (Phi) is 8.63. The van der Waals surface area contributed by atoms with E-state index >= 15 is 0 Å². The average Bonchev–Trinajstić information content (AvgIpc) is 2.85. The van der Waals surface area contributed by atoms with E-state index in [0.717, 1.165) is 0 Å². The van der Waals surface area contributed by atoms with Crippen molar-refractivity contribution >= 4 is 34.5 Å². The minimum Gasteiger partial charge on any atom is -1.00 e. The van der Waals surface area contributed by atoms with Crippen LogP contribution in [0.4, 0.5) is 11.4 Å². The average molecular weight is 502 g/mol. The first-order valence-electron chi connectivity index (χ1n) is 10.7. The topological polar surface area (TPSA) is 103 Å². The lowest BCUT2D eigenvalue weighted by Crippen LogP contribution is -3.00. The van der Waals surface area contributed by atoms with Gasteiger partial charge in [-0.05, 0) is 12.1 Å². The minimum absolute atomic E-state index is 0. The molecule has 1 aliphatic carbocycles. The van der Waals surface area contributed by atoms with Gasteiger partial charge in [-0.2, -0.15) is 0 Å². The fourth-order valence-corrected chi connectivity index (χ4v) is 4.00. The monoisotopic (exact) mass is 501 g/mol. The van der Waals surface area contributed by atoms with E-state index in [1.54, 1.807) is 36.4 Å². The van der Waals surface area contributed by atoms with Crippen molar-refractivity contribution in [3.63, 3.8) is 0 Å². The molecule has 0 spiro atoms. The molecule has 4 N–H and O–H groups in total. The highest BCUT2D eigenvalue weighted by molar-refractivity contribution is 6.31. The number of carbonyl (C=O) groups excluding carboxylic acids is 2. The van der Waals surface area contributed by atoms with Crippen molar-refractivity contribution in [3.8, 4) is 0 Å². The van der Waals surface area contributed by atoms with Crippen LogP contribution in [0.1, 0.15) is 31.8 Å². The van der Waals surface area contributed by atoms with Gasteiger partial charge in [-0.1, -0.05) is 30.3 Å². The SMILES string of the molecule is O=C1c2ccccc2C(=O)c2c(NCC(O)C[n+]3ccccc3)ccc(NCC(O)CCl)c21.[Cl-]. The summed E-state index contributed by atoms with van der Waals surface area (Å²) in [6, 6.07) is 15.8. The molecule has 9 heteroatoms. The molecule has 0 radical (unpaired) electrons. The molecule has 0 amide bonds. The first-order valence-corrected chi connectivity index (χ1v) is 11.2. The van der Waals surface area contributed by atoms with E-state index in [-0.39, 0.29) is 54.1 Å². The number of anilines is 2. The number of hydrogen-bond donors (Lipinski definition) is 4. The largest absolute Gasteiger partial charge is 1.00 e. The Hall–Kier alpha value is -2.97. The van der Waals surface area contributed by atoms with Crippen molar-refractivity contribution < 1.29 is 36.8 Å². The van der Waals surface area contributed by atoms with Gasteiger partial charge < -0.3 is 33.3 Å². The van der Waals surface area contributed by atoms with Gasteiger partial charge in [0.15, 0.2) is 30.5 Å². The van der Waals surface area contributed by atoms with Crippen molar-refractivity contribution in [1.82, 2.24) is 0 Å². The van der Waals surface area contributed by atoms with Gasteiger partial charge >= 0.3 is 0 Å². The Morgan fingerprint density at radius 1 is 0.765 bits per heavy atom. The Labute approximate surface area is 208 Å². The molecule has 0 fully saturated rings. The predicted octanol–water partition coefficient (Wildman–Crippen LogP) is -0.762. The van der Waals surface area contributed by atoms with E-state index in [4.69, 9.17) is 11.6 Å². The molecule has 34 heavy (non-hydrogen) atoms. The zero-order chi connectivity index (χ0) is 23.4. The van der Waals surface area contributed by atoms with Crippen LogP contribution in [0.25, 0.3) is 0 Å². The summed E-state index contributed by atoms with van der Waals surface area (Å²) < 4.78 is 1.86. The molecule has 0 saturated carbocycles. The van der Waals surface area contributed by atoms with Gasteiger partial charge in [-0.3, -0.25) is 9.59 Å². The van der Waals surface area contributed by atoms with E-state index in [1.165, 1.54) is 0 Å². The molecular weight excluding hydrogens is 477 g/mol. The fourth-order valence-electron chi connectivity index (χ4n) is 3.89. The minimum atomic E-state index is -0.799. The highest BCUT2D eigenvalue weighted by atomic mass is 35.5. The number of halogens is 2. The van der Waals surface area contributed by atoms with Crippen LogP contribution in [0.3, 0.4) is 0 Å². The van der Waals surface area contributed by atoms with Crippen LogP contribution < -0.4 is 27.6 Å². The van der Waals surface area contributed by atoms with Crippen molar-refractivity contribution in [2.75, 3.05) is 29.6 Å². The molecule has 0 saturated heterocycles. The number of pyridine rings is 1. The molecule has 0 aliphatic heterocycles. The third kappa shape index (κ3) is 5.39. The zero-order valence-electron chi connectivity index (χ0n) is 18.2. The number of rotatable bonds is 9. The molecule has 2 unspecified atom stereocenters. The standard InChI is InChI=1S/C25H24ClN3O4.ClH/c26-12-16(30)13-27-20-8-9-21(28-14-17(31)15-29-10-4-1-5-11-29)23-22(20)24(32)18-6-2-3-7-19(18)25(23)33;/h1-11,16-17,30-31H,12-15H2,(H-,27,28,32,33);1H. The number of hydrogen-bond acceptors (Lipinski definition) is 6. The highest BCUT2D eigenvalue weighted by Crippen LogP contribution is 2.36. The van der Waals surface area contributed by atoms with Crippen molar-refractivity contribution in [1.29, 1.82) is 0 Å².